The number of carbonyl (C=O) groups excluding carboxylic acids is 1. The van der Waals surface area contributed by atoms with Gasteiger partial charge in [-0.25, -0.2) is 9.83 Å². The molecule has 3 aromatic carbocycles. The number of para-hydroxylation sites is 1. The Labute approximate surface area is 224 Å². The fourth-order valence-corrected chi connectivity index (χ4v) is 3.88. The number of amides is 1. The van der Waals surface area contributed by atoms with E-state index in [1.165, 1.54) is 4.90 Å². The Morgan fingerprint density at radius 2 is 1.77 bits per heavy atom. The van der Waals surface area contributed by atoms with Crippen molar-refractivity contribution in [3.8, 4) is 22.8 Å². The number of ether oxygens (including phenoxy) is 1. The number of aromatic amines is 1. The lowest BCUT2D eigenvalue weighted by molar-refractivity contribution is -0.124. The highest BCUT2D eigenvalue weighted by atomic mass is 16.5. The van der Waals surface area contributed by atoms with Crippen LogP contribution in [-0.2, 0) is 4.79 Å². The van der Waals surface area contributed by atoms with Crippen LogP contribution in [0.2, 0.25) is 0 Å². The molecule has 10 heteroatoms. The van der Waals surface area contributed by atoms with Crippen LogP contribution in [0.1, 0.15) is 5.56 Å². The number of anilines is 3. The molecule has 0 unspecified atom stereocenters. The number of benzene rings is 3. The predicted molar refractivity (Wildman–Crippen MR) is 151 cm³/mol. The first-order chi connectivity index (χ1) is 18.9. The number of nitrogen functional groups attached to an aromatic ring is 1. The minimum atomic E-state index is -0.363. The number of hydrogen-bond acceptors (Lipinski definition) is 7. The van der Waals surface area contributed by atoms with Crippen LogP contribution >= 0.6 is 0 Å². The SMILES string of the molecule is [C-]#[N+]C(=Cc1cccc(Nc2nc(-c3ccc(Oc4ccccc4)cc3)c3c(N)[nH]nc3n2)c1)C(=O)N(C)C. The van der Waals surface area contributed by atoms with Gasteiger partial charge in [0.1, 0.15) is 17.3 Å². The van der Waals surface area contributed by atoms with Gasteiger partial charge in [0.2, 0.25) is 5.95 Å². The van der Waals surface area contributed by atoms with Crippen LogP contribution in [0.3, 0.4) is 0 Å². The fourth-order valence-electron chi connectivity index (χ4n) is 3.88. The van der Waals surface area contributed by atoms with Crippen LogP contribution in [0.5, 0.6) is 11.5 Å². The zero-order valence-electron chi connectivity index (χ0n) is 21.2. The molecular formula is C29H24N8O2. The molecule has 0 saturated heterocycles. The molecule has 0 saturated carbocycles. The van der Waals surface area contributed by atoms with Crippen molar-refractivity contribution in [1.82, 2.24) is 25.1 Å². The van der Waals surface area contributed by atoms with Crippen molar-refractivity contribution in [1.29, 1.82) is 0 Å². The van der Waals surface area contributed by atoms with Gasteiger partial charge in [0.05, 0.1) is 17.7 Å². The molecule has 5 rings (SSSR count). The fraction of sp³-hybridized carbons (Fsp3) is 0.0690. The first-order valence-electron chi connectivity index (χ1n) is 11.9. The Balaban J connectivity index is 1.46. The summed E-state index contributed by atoms with van der Waals surface area (Å²) in [6, 6.07) is 24.3. The average Bonchev–Trinajstić information content (AvgIpc) is 3.32. The molecule has 0 fully saturated rings. The number of rotatable bonds is 7. The van der Waals surface area contributed by atoms with Gasteiger partial charge in [0.25, 0.3) is 11.6 Å². The van der Waals surface area contributed by atoms with Gasteiger partial charge in [-0.05, 0) is 60.2 Å². The summed E-state index contributed by atoms with van der Waals surface area (Å²) in [6.45, 7) is 7.37. The Bertz CT molecular complexity index is 1720. The lowest BCUT2D eigenvalue weighted by Gasteiger charge is -2.11. The van der Waals surface area contributed by atoms with E-state index in [4.69, 9.17) is 22.0 Å². The van der Waals surface area contributed by atoms with Crippen molar-refractivity contribution >= 4 is 40.5 Å². The van der Waals surface area contributed by atoms with Gasteiger partial charge in [-0.15, -0.1) is 0 Å². The molecule has 0 aliphatic heterocycles. The summed E-state index contributed by atoms with van der Waals surface area (Å²) in [6.07, 6.45) is 1.55. The predicted octanol–water partition coefficient (Wildman–Crippen LogP) is 5.49. The van der Waals surface area contributed by atoms with Gasteiger partial charge >= 0.3 is 0 Å². The standard InChI is InChI=1S/C29H24N8O2/c1-31-23(28(38)37(2)3)17-18-8-7-9-20(16-18)32-29-33-25(24-26(30)35-36-27(24)34-29)19-12-14-22(15-13-19)39-21-10-5-4-6-11-21/h4-17H,2-3H3,(H4,30,32,33,34,35,36). The summed E-state index contributed by atoms with van der Waals surface area (Å²) in [7, 11) is 3.21. The van der Waals surface area contributed by atoms with E-state index in [0.717, 1.165) is 11.3 Å². The second kappa shape index (κ2) is 10.7. The minimum absolute atomic E-state index is 0.0174. The summed E-state index contributed by atoms with van der Waals surface area (Å²) in [5.41, 5.74) is 9.35. The molecule has 1 amide bonds. The van der Waals surface area contributed by atoms with Gasteiger partial charge in [-0.1, -0.05) is 30.3 Å². The van der Waals surface area contributed by atoms with Crippen LogP contribution in [0.4, 0.5) is 17.5 Å². The van der Waals surface area contributed by atoms with E-state index in [-0.39, 0.29) is 11.6 Å². The number of hydrogen-bond donors (Lipinski definition) is 3. The van der Waals surface area contributed by atoms with E-state index in [1.807, 2.05) is 72.8 Å². The Morgan fingerprint density at radius 3 is 2.49 bits per heavy atom. The van der Waals surface area contributed by atoms with E-state index < -0.39 is 0 Å². The zero-order chi connectivity index (χ0) is 27.4. The molecule has 2 aromatic heterocycles. The second-order valence-corrected chi connectivity index (χ2v) is 8.76. The van der Waals surface area contributed by atoms with Crippen molar-refractivity contribution < 1.29 is 9.53 Å². The molecule has 0 atom stereocenters. The van der Waals surface area contributed by atoms with Crippen molar-refractivity contribution in [3.05, 3.63) is 102 Å². The van der Waals surface area contributed by atoms with E-state index in [1.54, 1.807) is 26.2 Å². The number of nitrogens with one attached hydrogen (secondary N) is 2. The van der Waals surface area contributed by atoms with Crippen LogP contribution in [0.15, 0.2) is 84.6 Å². The molecule has 0 spiro atoms. The first kappa shape index (κ1) is 25.0. The third-order valence-electron chi connectivity index (χ3n) is 5.74. The maximum Gasteiger partial charge on any atom is 0.252 e. The molecule has 39 heavy (non-hydrogen) atoms. The van der Waals surface area contributed by atoms with Gasteiger partial charge in [0, 0.05) is 25.3 Å². The van der Waals surface area contributed by atoms with Crippen LogP contribution < -0.4 is 15.8 Å². The lowest BCUT2D eigenvalue weighted by Crippen LogP contribution is -2.22. The molecule has 0 bridgehead atoms. The molecule has 5 aromatic rings. The Hall–Kier alpha value is -5.69. The quantitative estimate of drug-likeness (QED) is 0.193. The monoisotopic (exact) mass is 516 g/mol. The number of nitrogens with two attached hydrogens (primary N) is 1. The van der Waals surface area contributed by atoms with Crippen LogP contribution in [0, 0.1) is 6.57 Å². The molecule has 10 nitrogen and oxygen atoms in total. The van der Waals surface area contributed by atoms with E-state index >= 15 is 0 Å². The zero-order valence-corrected chi connectivity index (χ0v) is 21.2. The topological polar surface area (TPSA) is 126 Å². The number of H-pyrrole nitrogens is 1. The van der Waals surface area contributed by atoms with Crippen molar-refractivity contribution in [3.63, 3.8) is 0 Å². The van der Waals surface area contributed by atoms with Gasteiger partial charge < -0.3 is 20.7 Å². The molecule has 2 heterocycles. The maximum absolute atomic E-state index is 12.2. The van der Waals surface area contributed by atoms with Crippen LogP contribution in [0.25, 0.3) is 33.2 Å². The Kier molecular flexibility index (Phi) is 6.88. The summed E-state index contributed by atoms with van der Waals surface area (Å²) in [5.74, 6) is 1.74. The smallest absolute Gasteiger partial charge is 0.252 e. The number of fused-ring (bicyclic) bond motifs is 1. The molecule has 192 valence electrons. The molecule has 0 aliphatic carbocycles. The van der Waals surface area contributed by atoms with Crippen molar-refractivity contribution in [2.75, 3.05) is 25.1 Å². The van der Waals surface area contributed by atoms with E-state index in [0.29, 0.717) is 45.5 Å². The highest BCUT2D eigenvalue weighted by molar-refractivity contribution is 6.00. The van der Waals surface area contributed by atoms with E-state index in [2.05, 4.69) is 25.3 Å². The van der Waals surface area contributed by atoms with Crippen molar-refractivity contribution in [2.24, 2.45) is 0 Å². The summed E-state index contributed by atoms with van der Waals surface area (Å²) in [4.78, 5) is 26.2. The Morgan fingerprint density at radius 1 is 1.03 bits per heavy atom. The second-order valence-electron chi connectivity index (χ2n) is 8.76. The lowest BCUT2D eigenvalue weighted by atomic mass is 10.1. The van der Waals surface area contributed by atoms with Gasteiger partial charge in [-0.2, -0.15) is 10.1 Å². The maximum atomic E-state index is 12.2. The first-order valence-corrected chi connectivity index (χ1v) is 11.9. The summed E-state index contributed by atoms with van der Waals surface area (Å²) in [5, 5.41) is 10.8. The number of aromatic nitrogens is 4. The number of likely N-dealkylation sites (N-methyl/N-ethyl adjacent to an activating group) is 1. The largest absolute Gasteiger partial charge is 0.457 e. The van der Waals surface area contributed by atoms with E-state index in [9.17, 15) is 4.79 Å². The highest BCUT2D eigenvalue weighted by Crippen LogP contribution is 2.32. The third-order valence-corrected chi connectivity index (χ3v) is 5.74. The average molecular weight is 517 g/mol. The van der Waals surface area contributed by atoms with Crippen molar-refractivity contribution in [2.45, 2.75) is 0 Å². The normalized spacial score (nSPS) is 11.2. The third kappa shape index (κ3) is 5.52. The number of carbonyl (C=O) groups is 1. The summed E-state index contributed by atoms with van der Waals surface area (Å²) >= 11 is 0. The van der Waals surface area contributed by atoms with Crippen LogP contribution in [-0.4, -0.2) is 45.1 Å². The molecular weight excluding hydrogens is 492 g/mol. The molecule has 0 radical (unpaired) electrons. The highest BCUT2D eigenvalue weighted by Gasteiger charge is 2.16. The summed E-state index contributed by atoms with van der Waals surface area (Å²) < 4.78 is 5.91. The number of nitrogens with zero attached hydrogens (tertiary/aromatic N) is 5. The molecule has 4 N–H and O–H groups in total. The van der Waals surface area contributed by atoms with Gasteiger partial charge in [-0.3, -0.25) is 9.89 Å². The van der Waals surface area contributed by atoms with Gasteiger partial charge in [0.15, 0.2) is 5.65 Å². The minimum Gasteiger partial charge on any atom is -0.457 e. The molecule has 0 aliphatic rings.